The van der Waals surface area contributed by atoms with Crippen molar-refractivity contribution in [1.29, 1.82) is 0 Å². The number of aliphatic imine (C=N–C) groups is 1. The van der Waals surface area contributed by atoms with Crippen LogP contribution in [-0.4, -0.2) is 37.0 Å². The lowest BCUT2D eigenvalue weighted by molar-refractivity contribution is 0.602. The van der Waals surface area contributed by atoms with Crippen molar-refractivity contribution >= 4 is 39.8 Å². The first kappa shape index (κ1) is 23.4. The van der Waals surface area contributed by atoms with Crippen LogP contribution in [0.2, 0.25) is 0 Å². The zero-order valence-electron chi connectivity index (χ0n) is 16.4. The van der Waals surface area contributed by atoms with E-state index in [2.05, 4.69) is 20.7 Å². The predicted molar refractivity (Wildman–Crippen MR) is 119 cm³/mol. The maximum atomic E-state index is 11.5. The fraction of sp³-hybridized carbons (Fsp3) is 0.444. The summed E-state index contributed by atoms with van der Waals surface area (Å²) in [4.78, 5) is 4.89. The van der Waals surface area contributed by atoms with Gasteiger partial charge in [-0.25, -0.2) is 13.4 Å². The van der Waals surface area contributed by atoms with Gasteiger partial charge < -0.3 is 10.6 Å². The molecule has 0 atom stereocenters. The molecule has 0 aliphatic rings. The number of hydrogen-bond donors (Lipinski definition) is 2. The van der Waals surface area contributed by atoms with Gasteiger partial charge in [-0.05, 0) is 38.5 Å². The Morgan fingerprint density at radius 3 is 2.30 bits per heavy atom. The van der Waals surface area contributed by atoms with Crippen molar-refractivity contribution < 1.29 is 8.42 Å². The zero-order valence-corrected chi connectivity index (χ0v) is 19.6. The summed E-state index contributed by atoms with van der Waals surface area (Å²) in [7, 11) is -1.24. The fourth-order valence-electron chi connectivity index (χ4n) is 2.60. The number of nitrogens with zero attached hydrogens (tertiary/aromatic N) is 3. The van der Waals surface area contributed by atoms with E-state index in [4.69, 9.17) is 0 Å². The van der Waals surface area contributed by atoms with Crippen LogP contribution in [-0.2, 0) is 30.0 Å². The molecule has 2 rings (SSSR count). The number of aryl methyl sites for hydroxylation is 2. The molecule has 2 aromatic rings. The van der Waals surface area contributed by atoms with Gasteiger partial charge in [-0.1, -0.05) is 12.1 Å². The molecular formula is C18H28IN5O2S. The van der Waals surface area contributed by atoms with E-state index in [1.54, 1.807) is 24.3 Å². The highest BCUT2D eigenvalue weighted by Crippen LogP contribution is 2.12. The van der Waals surface area contributed by atoms with Crippen molar-refractivity contribution in [2.45, 2.75) is 38.8 Å². The van der Waals surface area contributed by atoms with Gasteiger partial charge in [-0.2, -0.15) is 5.10 Å². The molecule has 0 fully saturated rings. The minimum absolute atomic E-state index is 0. The predicted octanol–water partition coefficient (Wildman–Crippen LogP) is 2.31. The van der Waals surface area contributed by atoms with Gasteiger partial charge in [0.15, 0.2) is 15.8 Å². The molecule has 7 nitrogen and oxygen atoms in total. The van der Waals surface area contributed by atoms with E-state index >= 15 is 0 Å². The van der Waals surface area contributed by atoms with Crippen molar-refractivity contribution in [2.75, 3.05) is 12.8 Å². The lowest BCUT2D eigenvalue weighted by Gasteiger charge is -2.12. The van der Waals surface area contributed by atoms with Crippen molar-refractivity contribution in [3.63, 3.8) is 0 Å². The molecule has 27 heavy (non-hydrogen) atoms. The molecule has 1 heterocycles. The largest absolute Gasteiger partial charge is 0.357 e. The number of sulfone groups is 1. The molecule has 0 spiro atoms. The van der Waals surface area contributed by atoms with Gasteiger partial charge in [0.1, 0.15) is 0 Å². The Bertz CT molecular complexity index is 889. The molecule has 0 amide bonds. The average Bonchev–Trinajstić information content (AvgIpc) is 2.82. The molecule has 1 aromatic heterocycles. The quantitative estimate of drug-likeness (QED) is 0.358. The van der Waals surface area contributed by atoms with Gasteiger partial charge in [0.2, 0.25) is 0 Å². The van der Waals surface area contributed by atoms with E-state index in [1.807, 2.05) is 32.5 Å². The number of nitrogens with one attached hydrogen (secondary N) is 2. The van der Waals surface area contributed by atoms with Crippen LogP contribution in [0.1, 0.15) is 29.4 Å². The normalized spacial score (nSPS) is 11.8. The fourth-order valence-corrected chi connectivity index (χ4v) is 3.23. The second-order valence-corrected chi connectivity index (χ2v) is 8.25. The van der Waals surface area contributed by atoms with Crippen molar-refractivity contribution in [2.24, 2.45) is 12.0 Å². The molecule has 9 heteroatoms. The summed E-state index contributed by atoms with van der Waals surface area (Å²) in [6, 6.07) is 6.81. The van der Waals surface area contributed by atoms with Gasteiger partial charge in [0.05, 0.1) is 17.1 Å². The lowest BCUT2D eigenvalue weighted by atomic mass is 10.2. The third-order valence-corrected chi connectivity index (χ3v) is 5.34. The Labute approximate surface area is 178 Å². The van der Waals surface area contributed by atoms with Gasteiger partial charge in [-0.3, -0.25) is 4.68 Å². The lowest BCUT2D eigenvalue weighted by Crippen LogP contribution is -2.37. The van der Waals surface area contributed by atoms with Crippen molar-refractivity contribution in [3.8, 4) is 0 Å². The van der Waals surface area contributed by atoms with Crippen LogP contribution in [0.3, 0.4) is 0 Å². The minimum atomic E-state index is -3.17. The van der Waals surface area contributed by atoms with E-state index in [0.717, 1.165) is 29.1 Å². The van der Waals surface area contributed by atoms with Crippen molar-refractivity contribution in [3.05, 3.63) is 46.8 Å². The highest BCUT2D eigenvalue weighted by molar-refractivity contribution is 14.0. The summed E-state index contributed by atoms with van der Waals surface area (Å²) in [5.41, 5.74) is 4.24. The third kappa shape index (κ3) is 6.49. The monoisotopic (exact) mass is 505 g/mol. The molecule has 0 unspecified atom stereocenters. The molecule has 0 saturated heterocycles. The summed E-state index contributed by atoms with van der Waals surface area (Å²) >= 11 is 0. The molecule has 2 N–H and O–H groups in total. The van der Waals surface area contributed by atoms with E-state index in [-0.39, 0.29) is 24.0 Å². The Balaban J connectivity index is 0.00000364. The highest BCUT2D eigenvalue weighted by atomic mass is 127. The molecule has 0 aliphatic heterocycles. The molecule has 0 aliphatic carbocycles. The Morgan fingerprint density at radius 1 is 1.19 bits per heavy atom. The van der Waals surface area contributed by atoms with Gasteiger partial charge >= 0.3 is 0 Å². The maximum absolute atomic E-state index is 11.5. The van der Waals surface area contributed by atoms with Gasteiger partial charge in [0.25, 0.3) is 0 Å². The minimum Gasteiger partial charge on any atom is -0.357 e. The standard InChI is InChI=1S/C18H27N5O2S.HI/c1-6-19-18(21-12-17-13(2)22-23(4)14(17)3)20-11-15-7-9-16(10-8-15)26(5,24)25;/h7-10H,6,11-12H2,1-5H3,(H2,19,20,21);1H. The molecule has 0 bridgehead atoms. The van der Waals surface area contributed by atoms with Crippen LogP contribution in [0.25, 0.3) is 0 Å². The van der Waals surface area contributed by atoms with Crippen molar-refractivity contribution in [1.82, 2.24) is 20.4 Å². The Kier molecular flexibility index (Phi) is 8.73. The highest BCUT2D eigenvalue weighted by Gasteiger charge is 2.10. The SMILES string of the molecule is CCNC(=NCc1ccc(S(C)(=O)=O)cc1)NCc1c(C)nn(C)c1C.I. The van der Waals surface area contributed by atoms with Crippen LogP contribution in [0.15, 0.2) is 34.2 Å². The first-order chi connectivity index (χ1) is 12.2. The maximum Gasteiger partial charge on any atom is 0.191 e. The van der Waals surface area contributed by atoms with Gasteiger partial charge in [-0.15, -0.1) is 24.0 Å². The summed E-state index contributed by atoms with van der Waals surface area (Å²) in [6.45, 7) is 7.92. The molecule has 0 saturated carbocycles. The second kappa shape index (κ2) is 10.1. The summed E-state index contributed by atoms with van der Waals surface area (Å²) in [5.74, 6) is 0.711. The summed E-state index contributed by atoms with van der Waals surface area (Å²) in [5, 5.41) is 11.0. The first-order valence-electron chi connectivity index (χ1n) is 8.52. The molecule has 1 aromatic carbocycles. The number of halogens is 1. The first-order valence-corrected chi connectivity index (χ1v) is 10.4. The Morgan fingerprint density at radius 2 is 1.81 bits per heavy atom. The average molecular weight is 505 g/mol. The summed E-state index contributed by atoms with van der Waals surface area (Å²) < 4.78 is 24.9. The molecule has 150 valence electrons. The smallest absolute Gasteiger partial charge is 0.191 e. The van der Waals surface area contributed by atoms with Crippen LogP contribution in [0, 0.1) is 13.8 Å². The van der Waals surface area contributed by atoms with Crippen LogP contribution in [0.4, 0.5) is 0 Å². The topological polar surface area (TPSA) is 88.4 Å². The van der Waals surface area contributed by atoms with E-state index < -0.39 is 9.84 Å². The second-order valence-electron chi connectivity index (χ2n) is 6.24. The molecule has 0 radical (unpaired) electrons. The number of guanidine groups is 1. The van der Waals surface area contributed by atoms with Crippen LogP contribution in [0.5, 0.6) is 0 Å². The Hall–Kier alpha value is -1.62. The summed E-state index contributed by atoms with van der Waals surface area (Å²) in [6.07, 6.45) is 1.20. The van der Waals surface area contributed by atoms with Gasteiger partial charge in [0, 0.05) is 37.7 Å². The zero-order chi connectivity index (χ0) is 19.3. The molecular weight excluding hydrogens is 477 g/mol. The van der Waals surface area contributed by atoms with Crippen LogP contribution >= 0.6 is 24.0 Å². The van der Waals surface area contributed by atoms with Crippen LogP contribution < -0.4 is 10.6 Å². The number of benzene rings is 1. The van der Waals surface area contributed by atoms with E-state index in [0.29, 0.717) is 23.9 Å². The van der Waals surface area contributed by atoms with E-state index in [1.165, 1.54) is 6.26 Å². The number of rotatable bonds is 6. The number of aromatic nitrogens is 2. The third-order valence-electron chi connectivity index (χ3n) is 4.21. The number of hydrogen-bond acceptors (Lipinski definition) is 4. The van der Waals surface area contributed by atoms with E-state index in [9.17, 15) is 8.42 Å².